The van der Waals surface area contributed by atoms with Crippen molar-refractivity contribution in [2.75, 3.05) is 0 Å². The Labute approximate surface area is 145 Å². The minimum Gasteiger partial charge on any atom is -0.221 e. The third-order valence-electron chi connectivity index (χ3n) is 3.56. The molecule has 0 aliphatic heterocycles. The highest BCUT2D eigenvalue weighted by molar-refractivity contribution is 5.57. The van der Waals surface area contributed by atoms with Crippen molar-refractivity contribution in [1.29, 1.82) is 0 Å². The highest BCUT2D eigenvalue weighted by atomic mass is 19.4. The summed E-state index contributed by atoms with van der Waals surface area (Å²) in [5.41, 5.74) is -17.4. The molecule has 0 bridgehead atoms. The molecule has 1 unspecified atom stereocenters. The first-order valence-corrected chi connectivity index (χ1v) is 6.15. The summed E-state index contributed by atoms with van der Waals surface area (Å²) < 4.78 is 232. The number of hydrogen-bond donors (Lipinski definition) is 0. The summed E-state index contributed by atoms with van der Waals surface area (Å²) in [6.07, 6.45) is -20.4. The second kappa shape index (κ2) is 6.12. The van der Waals surface area contributed by atoms with Crippen LogP contribution in [0.3, 0.4) is 0 Å². The first-order valence-electron chi connectivity index (χ1n) is 6.15. The molecule has 0 nitrogen and oxygen atoms in total. The van der Waals surface area contributed by atoms with E-state index in [0.29, 0.717) is 0 Å². The fourth-order valence-corrected chi connectivity index (χ4v) is 2.13. The lowest BCUT2D eigenvalue weighted by Gasteiger charge is -2.40. The summed E-state index contributed by atoms with van der Waals surface area (Å²) in [6.45, 7) is 0. The molecule has 0 fully saturated rings. The molecule has 0 aromatic rings. The second-order valence-electron chi connectivity index (χ2n) is 5.28. The van der Waals surface area contributed by atoms with E-state index in [-0.39, 0.29) is 0 Å². The number of alkyl halides is 15. The molecule has 0 radical (unpaired) electrons. The van der Waals surface area contributed by atoms with Crippen molar-refractivity contribution in [2.24, 2.45) is 0 Å². The van der Waals surface area contributed by atoms with Crippen molar-refractivity contribution in [1.82, 2.24) is 0 Å². The molecule has 0 N–H and O–H groups in total. The highest BCUT2D eigenvalue weighted by Gasteiger charge is 2.90. The molecule has 0 amide bonds. The predicted molar refractivity (Wildman–Crippen MR) is 53.1 cm³/mol. The quantitative estimate of drug-likeness (QED) is 0.398. The highest BCUT2D eigenvalue weighted by Crippen LogP contribution is 2.67. The zero-order valence-corrected chi connectivity index (χ0v) is 12.3. The average molecular weight is 474 g/mol. The van der Waals surface area contributed by atoms with Gasteiger partial charge in [-0.05, 0) is 0 Å². The van der Waals surface area contributed by atoms with E-state index in [0.717, 1.165) is 0 Å². The van der Waals surface area contributed by atoms with Crippen molar-refractivity contribution in [3.05, 3.63) is 23.1 Å². The summed E-state index contributed by atoms with van der Waals surface area (Å²) in [6, 6.07) is 0. The van der Waals surface area contributed by atoms with E-state index in [1.54, 1.807) is 0 Å². The lowest BCUT2D eigenvalue weighted by atomic mass is 9.81. The summed E-state index contributed by atoms with van der Waals surface area (Å²) in [7, 11) is 0. The molecule has 0 heterocycles. The number of hydrogen-bond acceptors (Lipinski definition) is 0. The predicted octanol–water partition coefficient (Wildman–Crippen LogP) is 6.75. The van der Waals surface area contributed by atoms with Crippen LogP contribution >= 0.6 is 0 Å². The molecule has 0 saturated carbocycles. The normalized spacial score (nSPS) is 22.8. The monoisotopic (exact) mass is 474 g/mol. The Morgan fingerprint density at radius 3 is 1.24 bits per heavy atom. The molecule has 1 rings (SSSR count). The van der Waals surface area contributed by atoms with Gasteiger partial charge in [0.15, 0.2) is 5.83 Å². The van der Waals surface area contributed by atoms with E-state index in [1.165, 1.54) is 0 Å². The summed E-state index contributed by atoms with van der Waals surface area (Å²) in [5.74, 6) is -35.2. The zero-order valence-electron chi connectivity index (χ0n) is 12.3. The van der Waals surface area contributed by atoms with E-state index in [9.17, 15) is 79.0 Å². The molecule has 0 spiro atoms. The van der Waals surface area contributed by atoms with Crippen LogP contribution in [0.15, 0.2) is 23.1 Å². The maximum atomic E-state index is 14.2. The van der Waals surface area contributed by atoms with Gasteiger partial charge >= 0.3 is 41.7 Å². The van der Waals surface area contributed by atoms with Crippen molar-refractivity contribution in [2.45, 2.75) is 41.7 Å². The molecule has 18 heteroatoms. The lowest BCUT2D eigenvalue weighted by molar-refractivity contribution is -0.403. The van der Waals surface area contributed by atoms with E-state index in [1.807, 2.05) is 0 Å². The van der Waals surface area contributed by atoms with Crippen LogP contribution in [0.1, 0.15) is 0 Å². The standard InChI is InChI=1S/C11F18/c12-3-1(2(4(13)14)6(16,17)7(3,18)19)5(15,10(24,25)26)8(20,21)9(22,23)11(27,28)29. The molecule has 0 aromatic heterocycles. The molecular formula is C11F18. The molecule has 29 heavy (non-hydrogen) atoms. The Morgan fingerprint density at radius 2 is 0.966 bits per heavy atom. The van der Waals surface area contributed by atoms with Gasteiger partial charge in [-0.15, -0.1) is 0 Å². The van der Waals surface area contributed by atoms with Crippen LogP contribution in [0.4, 0.5) is 79.0 Å². The van der Waals surface area contributed by atoms with Crippen LogP contribution in [0.5, 0.6) is 0 Å². The number of rotatable bonds is 3. The van der Waals surface area contributed by atoms with Crippen LogP contribution in [-0.4, -0.2) is 41.7 Å². The van der Waals surface area contributed by atoms with E-state index in [4.69, 9.17) is 0 Å². The van der Waals surface area contributed by atoms with Gasteiger partial charge in [0.05, 0.1) is 5.57 Å². The van der Waals surface area contributed by atoms with Crippen LogP contribution in [0, 0.1) is 0 Å². The average Bonchev–Trinajstić information content (AvgIpc) is 2.60. The van der Waals surface area contributed by atoms with Crippen molar-refractivity contribution >= 4 is 0 Å². The van der Waals surface area contributed by atoms with Gasteiger partial charge in [0.1, 0.15) is 5.57 Å². The molecule has 0 saturated heterocycles. The fraction of sp³-hybridized carbons (Fsp3) is 0.636. The second-order valence-corrected chi connectivity index (χ2v) is 5.28. The first kappa shape index (κ1) is 25.3. The Hall–Kier alpha value is -1.78. The summed E-state index contributed by atoms with van der Waals surface area (Å²) in [4.78, 5) is 0. The van der Waals surface area contributed by atoms with E-state index < -0.39 is 64.8 Å². The van der Waals surface area contributed by atoms with Gasteiger partial charge in [0.25, 0.3) is 6.08 Å². The van der Waals surface area contributed by atoms with E-state index in [2.05, 4.69) is 0 Å². The van der Waals surface area contributed by atoms with Gasteiger partial charge in [-0.25, -0.2) is 8.78 Å². The van der Waals surface area contributed by atoms with Crippen LogP contribution in [-0.2, 0) is 0 Å². The lowest BCUT2D eigenvalue weighted by Crippen LogP contribution is -2.68. The third kappa shape index (κ3) is 2.87. The largest absolute Gasteiger partial charge is 0.460 e. The van der Waals surface area contributed by atoms with Crippen LogP contribution < -0.4 is 0 Å². The van der Waals surface area contributed by atoms with Crippen molar-refractivity contribution < 1.29 is 79.0 Å². The topological polar surface area (TPSA) is 0 Å². The van der Waals surface area contributed by atoms with E-state index >= 15 is 0 Å². The molecule has 1 aliphatic rings. The molecule has 1 atom stereocenters. The zero-order chi connectivity index (χ0) is 23.8. The Balaban J connectivity index is 4.21. The number of halogens is 18. The number of allylic oxidation sites excluding steroid dienone is 3. The maximum absolute atomic E-state index is 14.2. The SMILES string of the molecule is FC(F)=C1C(C(F)(C(F)(F)F)C(F)(F)C(F)(F)C(F)(F)F)=C(F)C(F)(F)C1(F)F. The summed E-state index contributed by atoms with van der Waals surface area (Å²) >= 11 is 0. The van der Waals surface area contributed by atoms with Gasteiger partial charge in [0.2, 0.25) is 0 Å². The van der Waals surface area contributed by atoms with Gasteiger partial charge in [0, 0.05) is 0 Å². The van der Waals surface area contributed by atoms with Gasteiger partial charge < -0.3 is 0 Å². The molecule has 170 valence electrons. The van der Waals surface area contributed by atoms with Gasteiger partial charge in [-0.1, -0.05) is 0 Å². The Morgan fingerprint density at radius 1 is 0.586 bits per heavy atom. The smallest absolute Gasteiger partial charge is 0.221 e. The minimum absolute atomic E-state index is 4.46. The third-order valence-corrected chi connectivity index (χ3v) is 3.56. The van der Waals surface area contributed by atoms with Crippen LogP contribution in [0.2, 0.25) is 0 Å². The molecular weight excluding hydrogens is 474 g/mol. The first-order chi connectivity index (χ1) is 12.3. The minimum atomic E-state index is -8.42. The summed E-state index contributed by atoms with van der Waals surface area (Å²) in [5, 5.41) is 0. The van der Waals surface area contributed by atoms with Crippen LogP contribution in [0.25, 0.3) is 0 Å². The maximum Gasteiger partial charge on any atom is 0.460 e. The molecule has 1 aliphatic carbocycles. The van der Waals surface area contributed by atoms with Crippen molar-refractivity contribution in [3.8, 4) is 0 Å². The Kier molecular flexibility index (Phi) is 5.33. The van der Waals surface area contributed by atoms with Gasteiger partial charge in [-0.3, -0.25) is 0 Å². The Bertz CT molecular complexity index is 741. The molecule has 0 aromatic carbocycles. The fourth-order valence-electron chi connectivity index (χ4n) is 2.13. The van der Waals surface area contributed by atoms with Crippen molar-refractivity contribution in [3.63, 3.8) is 0 Å². The van der Waals surface area contributed by atoms with Gasteiger partial charge in [-0.2, -0.15) is 70.2 Å².